The topological polar surface area (TPSA) is 26.3 Å². The molecule has 0 spiro atoms. The molecule has 0 amide bonds. The molecule has 1 saturated carbocycles. The second-order valence-corrected chi connectivity index (χ2v) is 7.34. The van der Waals surface area contributed by atoms with Crippen LogP contribution in [0.1, 0.15) is 104 Å². The zero-order chi connectivity index (χ0) is 16.2. The van der Waals surface area contributed by atoms with E-state index in [9.17, 15) is 4.79 Å². The molecule has 22 heavy (non-hydrogen) atoms. The lowest BCUT2D eigenvalue weighted by Gasteiger charge is -2.22. The van der Waals surface area contributed by atoms with Crippen LogP contribution >= 0.6 is 0 Å². The van der Waals surface area contributed by atoms with E-state index in [2.05, 4.69) is 20.8 Å². The van der Waals surface area contributed by atoms with E-state index in [1.807, 2.05) is 0 Å². The summed E-state index contributed by atoms with van der Waals surface area (Å²) in [5.74, 6) is 1.61. The van der Waals surface area contributed by atoms with Gasteiger partial charge in [-0.25, -0.2) is 0 Å². The van der Waals surface area contributed by atoms with Crippen LogP contribution in [0.5, 0.6) is 0 Å². The largest absolute Gasteiger partial charge is 0.463 e. The van der Waals surface area contributed by atoms with Crippen LogP contribution in [-0.2, 0) is 9.53 Å². The van der Waals surface area contributed by atoms with Crippen molar-refractivity contribution < 1.29 is 9.53 Å². The second kappa shape index (κ2) is 12.0. The third-order valence-corrected chi connectivity index (χ3v) is 5.34. The Labute approximate surface area is 138 Å². The van der Waals surface area contributed by atoms with E-state index in [-0.39, 0.29) is 12.1 Å². The van der Waals surface area contributed by atoms with E-state index in [1.165, 1.54) is 64.2 Å². The van der Waals surface area contributed by atoms with E-state index in [4.69, 9.17) is 4.74 Å². The Morgan fingerprint density at radius 1 is 1.09 bits per heavy atom. The second-order valence-electron chi connectivity index (χ2n) is 7.34. The van der Waals surface area contributed by atoms with Gasteiger partial charge in [-0.3, -0.25) is 4.79 Å². The van der Waals surface area contributed by atoms with Crippen LogP contribution in [0.25, 0.3) is 0 Å². The van der Waals surface area contributed by atoms with Gasteiger partial charge in [0.1, 0.15) is 0 Å². The van der Waals surface area contributed by atoms with Crippen LogP contribution in [0.15, 0.2) is 0 Å². The minimum absolute atomic E-state index is 0.0275. The monoisotopic (exact) mass is 310 g/mol. The summed E-state index contributed by atoms with van der Waals surface area (Å²) in [5, 5.41) is 0. The molecule has 0 aromatic rings. The molecular weight excluding hydrogens is 272 g/mol. The molecule has 2 heteroatoms. The summed E-state index contributed by atoms with van der Waals surface area (Å²) in [7, 11) is 0. The molecule has 0 aromatic carbocycles. The summed E-state index contributed by atoms with van der Waals surface area (Å²) in [6, 6.07) is 0. The van der Waals surface area contributed by atoms with Gasteiger partial charge >= 0.3 is 5.97 Å². The van der Waals surface area contributed by atoms with Gasteiger partial charge in [-0.1, -0.05) is 71.6 Å². The molecule has 0 bridgehead atoms. The Kier molecular flexibility index (Phi) is 10.6. The Morgan fingerprint density at radius 3 is 2.45 bits per heavy atom. The third kappa shape index (κ3) is 8.80. The molecule has 0 aromatic heterocycles. The molecule has 1 fully saturated rings. The van der Waals surface area contributed by atoms with Crippen molar-refractivity contribution >= 4 is 5.97 Å². The SMILES string of the molecule is CCCCC(CC)CCC(C)OC(=O)CCC1CCCCC1. The van der Waals surface area contributed by atoms with Gasteiger partial charge in [-0.05, 0) is 38.0 Å². The summed E-state index contributed by atoms with van der Waals surface area (Å²) in [5.41, 5.74) is 0. The highest BCUT2D eigenvalue weighted by Crippen LogP contribution is 2.27. The highest BCUT2D eigenvalue weighted by atomic mass is 16.5. The molecule has 0 aliphatic heterocycles. The Hall–Kier alpha value is -0.530. The van der Waals surface area contributed by atoms with Gasteiger partial charge < -0.3 is 4.74 Å². The number of carbonyl (C=O) groups is 1. The molecule has 1 aliphatic rings. The van der Waals surface area contributed by atoms with Gasteiger partial charge in [0.05, 0.1) is 6.10 Å². The molecule has 1 rings (SSSR count). The molecule has 1 aliphatic carbocycles. The fourth-order valence-corrected chi connectivity index (χ4v) is 3.66. The van der Waals surface area contributed by atoms with E-state index in [0.717, 1.165) is 24.7 Å². The minimum atomic E-state index is 0.0275. The Morgan fingerprint density at radius 2 is 1.82 bits per heavy atom. The van der Waals surface area contributed by atoms with E-state index in [0.29, 0.717) is 6.42 Å². The average molecular weight is 311 g/mol. The van der Waals surface area contributed by atoms with Crippen molar-refractivity contribution in [2.24, 2.45) is 11.8 Å². The average Bonchev–Trinajstić information content (AvgIpc) is 2.54. The lowest BCUT2D eigenvalue weighted by Crippen LogP contribution is -2.17. The van der Waals surface area contributed by atoms with Crippen molar-refractivity contribution in [2.45, 2.75) is 110 Å². The fourth-order valence-electron chi connectivity index (χ4n) is 3.66. The first kappa shape index (κ1) is 19.5. The number of carbonyl (C=O) groups excluding carboxylic acids is 1. The summed E-state index contributed by atoms with van der Waals surface area (Å²) in [6.45, 7) is 6.59. The lowest BCUT2D eigenvalue weighted by molar-refractivity contribution is -0.149. The molecule has 0 heterocycles. The zero-order valence-corrected chi connectivity index (χ0v) is 15.2. The maximum Gasteiger partial charge on any atom is 0.306 e. The van der Waals surface area contributed by atoms with Crippen LogP contribution in [0.4, 0.5) is 0 Å². The smallest absolute Gasteiger partial charge is 0.306 e. The lowest BCUT2D eigenvalue weighted by atomic mass is 9.86. The summed E-state index contributed by atoms with van der Waals surface area (Å²) in [4.78, 5) is 12.0. The van der Waals surface area contributed by atoms with Crippen LogP contribution in [0.2, 0.25) is 0 Å². The fraction of sp³-hybridized carbons (Fsp3) is 0.950. The molecule has 0 N–H and O–H groups in total. The van der Waals surface area contributed by atoms with Gasteiger partial charge in [-0.2, -0.15) is 0 Å². The molecule has 130 valence electrons. The number of hydrogen-bond acceptors (Lipinski definition) is 2. The number of esters is 1. The number of ether oxygens (including phenoxy) is 1. The Bertz CT molecular complexity index is 281. The first-order valence-electron chi connectivity index (χ1n) is 9.85. The maximum atomic E-state index is 12.0. The Balaban J connectivity index is 2.11. The van der Waals surface area contributed by atoms with Gasteiger partial charge in [0, 0.05) is 6.42 Å². The van der Waals surface area contributed by atoms with Crippen molar-refractivity contribution in [1.82, 2.24) is 0 Å². The molecule has 0 radical (unpaired) electrons. The van der Waals surface area contributed by atoms with Crippen molar-refractivity contribution in [2.75, 3.05) is 0 Å². The standard InChI is InChI=1S/C20H38O2/c1-4-6-10-18(5-2)14-13-17(3)22-20(21)16-15-19-11-8-7-9-12-19/h17-19H,4-16H2,1-3H3. The van der Waals surface area contributed by atoms with Crippen LogP contribution < -0.4 is 0 Å². The first-order valence-corrected chi connectivity index (χ1v) is 9.85. The van der Waals surface area contributed by atoms with Crippen molar-refractivity contribution in [1.29, 1.82) is 0 Å². The van der Waals surface area contributed by atoms with Crippen LogP contribution in [0, 0.1) is 11.8 Å². The molecule has 2 unspecified atom stereocenters. The summed E-state index contributed by atoms with van der Waals surface area (Å²) < 4.78 is 5.60. The van der Waals surface area contributed by atoms with Crippen molar-refractivity contribution in [3.63, 3.8) is 0 Å². The van der Waals surface area contributed by atoms with Crippen molar-refractivity contribution in [3.05, 3.63) is 0 Å². The third-order valence-electron chi connectivity index (χ3n) is 5.34. The number of hydrogen-bond donors (Lipinski definition) is 0. The molecule has 2 atom stereocenters. The predicted octanol–water partition coefficient (Wildman–Crippen LogP) is 6.28. The summed E-state index contributed by atoms with van der Waals surface area (Å²) >= 11 is 0. The highest BCUT2D eigenvalue weighted by molar-refractivity contribution is 5.69. The maximum absolute atomic E-state index is 12.0. The number of rotatable bonds is 11. The van der Waals surface area contributed by atoms with Crippen LogP contribution in [-0.4, -0.2) is 12.1 Å². The predicted molar refractivity (Wildman–Crippen MR) is 93.9 cm³/mol. The quantitative estimate of drug-likeness (QED) is 0.420. The van der Waals surface area contributed by atoms with Gasteiger partial charge in [0.2, 0.25) is 0 Å². The summed E-state index contributed by atoms with van der Waals surface area (Å²) in [6.07, 6.45) is 15.9. The molecule has 2 nitrogen and oxygen atoms in total. The van der Waals surface area contributed by atoms with E-state index >= 15 is 0 Å². The van der Waals surface area contributed by atoms with Gasteiger partial charge in [0.25, 0.3) is 0 Å². The minimum Gasteiger partial charge on any atom is -0.463 e. The van der Waals surface area contributed by atoms with E-state index < -0.39 is 0 Å². The van der Waals surface area contributed by atoms with Gasteiger partial charge in [0.15, 0.2) is 0 Å². The van der Waals surface area contributed by atoms with E-state index in [1.54, 1.807) is 0 Å². The van der Waals surface area contributed by atoms with Crippen molar-refractivity contribution in [3.8, 4) is 0 Å². The van der Waals surface area contributed by atoms with Gasteiger partial charge in [-0.15, -0.1) is 0 Å². The first-order chi connectivity index (χ1) is 10.7. The number of unbranched alkanes of at least 4 members (excludes halogenated alkanes) is 1. The normalized spacial score (nSPS) is 18.9. The zero-order valence-electron chi connectivity index (χ0n) is 15.2. The molecule has 0 saturated heterocycles. The van der Waals surface area contributed by atoms with Crippen LogP contribution in [0.3, 0.4) is 0 Å². The molecular formula is C20H38O2. The highest BCUT2D eigenvalue weighted by Gasteiger charge is 2.17.